The zero-order valence-electron chi connectivity index (χ0n) is 8.86. The molecule has 0 bridgehead atoms. The van der Waals surface area contributed by atoms with Crippen molar-refractivity contribution < 1.29 is 9.84 Å². The first-order valence-electron chi connectivity index (χ1n) is 5.14. The van der Waals surface area contributed by atoms with Gasteiger partial charge in [-0.25, -0.2) is 0 Å². The molecule has 1 unspecified atom stereocenters. The van der Waals surface area contributed by atoms with Crippen molar-refractivity contribution in [2.45, 2.75) is 26.2 Å². The van der Waals surface area contributed by atoms with Crippen LogP contribution in [0.25, 0.3) is 0 Å². The number of hydrogen-bond acceptors (Lipinski definition) is 2. The minimum Gasteiger partial charge on any atom is -0.508 e. The molecule has 2 heteroatoms. The fourth-order valence-corrected chi connectivity index (χ4v) is 1.46. The van der Waals surface area contributed by atoms with Crippen LogP contribution >= 0.6 is 0 Å². The molecule has 0 aliphatic carbocycles. The van der Waals surface area contributed by atoms with E-state index >= 15 is 0 Å². The van der Waals surface area contributed by atoms with Gasteiger partial charge in [0.15, 0.2) is 0 Å². The number of rotatable bonds is 5. The number of hydrogen-bond donors (Lipinski definition) is 1. The Balaban J connectivity index is 2.64. The molecule has 2 nitrogen and oxygen atoms in total. The van der Waals surface area contributed by atoms with Crippen molar-refractivity contribution in [3.8, 4) is 5.75 Å². The van der Waals surface area contributed by atoms with Crippen molar-refractivity contribution >= 4 is 0 Å². The molecule has 0 spiro atoms. The van der Waals surface area contributed by atoms with Crippen LogP contribution in [0.15, 0.2) is 24.3 Å². The third-order valence-electron chi connectivity index (χ3n) is 2.38. The van der Waals surface area contributed by atoms with E-state index in [1.807, 2.05) is 19.1 Å². The largest absolute Gasteiger partial charge is 0.508 e. The van der Waals surface area contributed by atoms with E-state index in [-0.39, 0.29) is 0 Å². The quantitative estimate of drug-likeness (QED) is 0.781. The second kappa shape index (κ2) is 5.66. The lowest BCUT2D eigenvalue weighted by molar-refractivity contribution is 0.131. The first-order valence-corrected chi connectivity index (χ1v) is 5.14. The lowest BCUT2D eigenvalue weighted by Gasteiger charge is -2.14. The van der Waals surface area contributed by atoms with Gasteiger partial charge in [0.2, 0.25) is 0 Å². The highest BCUT2D eigenvalue weighted by molar-refractivity contribution is 5.28. The standard InChI is InChI=1S/C12H18O2/c1-3-10(9-14-4-2)11-5-7-12(13)8-6-11/h5-8,10,13H,3-4,9H2,1-2H3. The summed E-state index contributed by atoms with van der Waals surface area (Å²) in [5.74, 6) is 0.760. The van der Waals surface area contributed by atoms with Gasteiger partial charge in [-0.05, 0) is 31.0 Å². The van der Waals surface area contributed by atoms with Gasteiger partial charge in [0.25, 0.3) is 0 Å². The maximum absolute atomic E-state index is 9.16. The van der Waals surface area contributed by atoms with E-state index in [2.05, 4.69) is 6.92 Å². The Labute approximate surface area is 85.5 Å². The molecule has 0 aromatic heterocycles. The summed E-state index contributed by atoms with van der Waals surface area (Å²) < 4.78 is 5.41. The molecule has 0 saturated heterocycles. The van der Waals surface area contributed by atoms with E-state index in [0.29, 0.717) is 11.7 Å². The Hall–Kier alpha value is -1.02. The van der Waals surface area contributed by atoms with Crippen molar-refractivity contribution in [1.29, 1.82) is 0 Å². The van der Waals surface area contributed by atoms with Crippen molar-refractivity contribution in [3.05, 3.63) is 29.8 Å². The number of aromatic hydroxyl groups is 1. The van der Waals surface area contributed by atoms with E-state index in [9.17, 15) is 0 Å². The van der Waals surface area contributed by atoms with Crippen LogP contribution in [0.2, 0.25) is 0 Å². The Morgan fingerprint density at radius 2 is 1.86 bits per heavy atom. The van der Waals surface area contributed by atoms with Gasteiger partial charge in [0.05, 0.1) is 6.61 Å². The van der Waals surface area contributed by atoms with Gasteiger partial charge in [0.1, 0.15) is 5.75 Å². The second-order valence-electron chi connectivity index (χ2n) is 3.36. The molecule has 1 atom stereocenters. The highest BCUT2D eigenvalue weighted by Crippen LogP contribution is 2.21. The maximum Gasteiger partial charge on any atom is 0.115 e. The molecule has 0 amide bonds. The summed E-state index contributed by atoms with van der Waals surface area (Å²) in [5.41, 5.74) is 1.23. The molecule has 14 heavy (non-hydrogen) atoms. The van der Waals surface area contributed by atoms with Crippen LogP contribution in [-0.4, -0.2) is 18.3 Å². The molecule has 0 heterocycles. The van der Waals surface area contributed by atoms with Gasteiger partial charge in [0, 0.05) is 12.5 Å². The van der Waals surface area contributed by atoms with Crippen LogP contribution in [0.5, 0.6) is 5.75 Å². The Bertz CT molecular complexity index is 254. The van der Waals surface area contributed by atoms with Crippen LogP contribution in [0, 0.1) is 0 Å². The molecule has 78 valence electrons. The summed E-state index contributed by atoms with van der Waals surface area (Å²) in [6, 6.07) is 7.37. The van der Waals surface area contributed by atoms with Crippen molar-refractivity contribution in [2.24, 2.45) is 0 Å². The lowest BCUT2D eigenvalue weighted by Crippen LogP contribution is -2.06. The van der Waals surface area contributed by atoms with Crippen LogP contribution in [0.3, 0.4) is 0 Å². The van der Waals surface area contributed by atoms with Gasteiger partial charge < -0.3 is 9.84 Å². The molecule has 1 aromatic rings. The summed E-state index contributed by atoms with van der Waals surface area (Å²) >= 11 is 0. The van der Waals surface area contributed by atoms with E-state index in [0.717, 1.165) is 19.6 Å². The molecule has 1 rings (SSSR count). The summed E-state index contributed by atoms with van der Waals surface area (Å²) in [5, 5.41) is 9.16. The predicted molar refractivity (Wildman–Crippen MR) is 57.6 cm³/mol. The zero-order chi connectivity index (χ0) is 10.4. The molecule has 0 saturated carbocycles. The van der Waals surface area contributed by atoms with Gasteiger partial charge in [-0.2, -0.15) is 0 Å². The summed E-state index contributed by atoms with van der Waals surface area (Å²) in [6.45, 7) is 5.67. The summed E-state index contributed by atoms with van der Waals surface area (Å²) in [4.78, 5) is 0. The molecule has 0 aliphatic heterocycles. The molecule has 0 fully saturated rings. The van der Waals surface area contributed by atoms with E-state index in [1.165, 1.54) is 5.56 Å². The van der Waals surface area contributed by atoms with Crippen LogP contribution in [-0.2, 0) is 4.74 Å². The normalized spacial score (nSPS) is 12.7. The monoisotopic (exact) mass is 194 g/mol. The van der Waals surface area contributed by atoms with Crippen molar-refractivity contribution in [1.82, 2.24) is 0 Å². The van der Waals surface area contributed by atoms with E-state index < -0.39 is 0 Å². The van der Waals surface area contributed by atoms with Crippen molar-refractivity contribution in [3.63, 3.8) is 0 Å². The third kappa shape index (κ3) is 3.04. The van der Waals surface area contributed by atoms with Crippen LogP contribution in [0.4, 0.5) is 0 Å². The Morgan fingerprint density at radius 1 is 1.21 bits per heavy atom. The third-order valence-corrected chi connectivity index (χ3v) is 2.38. The number of phenolic OH excluding ortho intramolecular Hbond substituents is 1. The van der Waals surface area contributed by atoms with Crippen molar-refractivity contribution in [2.75, 3.05) is 13.2 Å². The Morgan fingerprint density at radius 3 is 2.36 bits per heavy atom. The van der Waals surface area contributed by atoms with E-state index in [4.69, 9.17) is 9.84 Å². The van der Waals surface area contributed by atoms with Gasteiger partial charge in [-0.3, -0.25) is 0 Å². The minimum atomic E-state index is 0.319. The highest BCUT2D eigenvalue weighted by Gasteiger charge is 2.08. The molecular formula is C12H18O2. The van der Waals surface area contributed by atoms with Gasteiger partial charge >= 0.3 is 0 Å². The number of ether oxygens (including phenoxy) is 1. The fourth-order valence-electron chi connectivity index (χ4n) is 1.46. The minimum absolute atomic E-state index is 0.319. The zero-order valence-corrected chi connectivity index (χ0v) is 8.86. The first-order chi connectivity index (χ1) is 6.77. The highest BCUT2D eigenvalue weighted by atomic mass is 16.5. The summed E-state index contributed by atoms with van der Waals surface area (Å²) in [7, 11) is 0. The molecule has 1 aromatic carbocycles. The molecule has 0 radical (unpaired) electrons. The van der Waals surface area contributed by atoms with E-state index in [1.54, 1.807) is 12.1 Å². The maximum atomic E-state index is 9.16. The topological polar surface area (TPSA) is 29.5 Å². The molecular weight excluding hydrogens is 176 g/mol. The SMILES string of the molecule is CCOCC(CC)c1ccc(O)cc1. The average Bonchev–Trinajstić information content (AvgIpc) is 2.21. The van der Waals surface area contributed by atoms with Gasteiger partial charge in [-0.15, -0.1) is 0 Å². The smallest absolute Gasteiger partial charge is 0.115 e. The summed E-state index contributed by atoms with van der Waals surface area (Å²) in [6.07, 6.45) is 1.06. The lowest BCUT2D eigenvalue weighted by atomic mass is 9.97. The number of phenols is 1. The predicted octanol–water partition coefficient (Wildman–Crippen LogP) is 2.92. The van der Waals surface area contributed by atoms with Crippen LogP contribution < -0.4 is 0 Å². The first kappa shape index (κ1) is 11.1. The average molecular weight is 194 g/mol. The fraction of sp³-hybridized carbons (Fsp3) is 0.500. The molecule has 0 aliphatic rings. The second-order valence-corrected chi connectivity index (χ2v) is 3.36. The number of benzene rings is 1. The Kier molecular flexibility index (Phi) is 4.47. The molecule has 1 N–H and O–H groups in total. The van der Waals surface area contributed by atoms with Crippen LogP contribution in [0.1, 0.15) is 31.7 Å². The van der Waals surface area contributed by atoms with Gasteiger partial charge in [-0.1, -0.05) is 19.1 Å².